The smallest absolute Gasteiger partial charge is 0.143 e. The van der Waals surface area contributed by atoms with Crippen LogP contribution in [0.4, 0.5) is 4.39 Å². The molecule has 0 bridgehead atoms. The first kappa shape index (κ1) is 18.3. The van der Waals surface area contributed by atoms with E-state index in [9.17, 15) is 9.18 Å². The van der Waals surface area contributed by atoms with Crippen LogP contribution in [0.1, 0.15) is 53.9 Å². The summed E-state index contributed by atoms with van der Waals surface area (Å²) in [5.41, 5.74) is 4.38. The molecule has 0 spiro atoms. The average molecular weight is 302 g/mol. The molecule has 0 fully saturated rings. The second-order valence-corrected chi connectivity index (χ2v) is 6.68. The molecule has 120 valence electrons. The first-order valence-corrected chi connectivity index (χ1v) is 7.83. The third-order valence-corrected chi connectivity index (χ3v) is 4.24. The average Bonchev–Trinajstić information content (AvgIpc) is 2.43. The van der Waals surface area contributed by atoms with E-state index in [1.54, 1.807) is 13.0 Å². The molecule has 0 aromatic heterocycles. The van der Waals surface area contributed by atoms with Crippen LogP contribution in [0.2, 0.25) is 0 Å². The fraction of sp³-hybridized carbons (Fsp3) is 0.450. The highest BCUT2D eigenvalue weighted by Crippen LogP contribution is 2.40. The minimum Gasteiger partial charge on any atom is -0.299 e. The van der Waals surface area contributed by atoms with Crippen molar-refractivity contribution in [2.24, 2.45) is 5.41 Å². The second kappa shape index (κ2) is 8.07. The number of hydrogen-bond donors (Lipinski definition) is 0. The highest BCUT2D eigenvalue weighted by molar-refractivity contribution is 5.67. The van der Waals surface area contributed by atoms with Crippen LogP contribution >= 0.6 is 0 Å². The molecular weight excluding hydrogens is 275 g/mol. The number of halogens is 1. The van der Waals surface area contributed by atoms with E-state index in [1.165, 1.54) is 36.1 Å². The molecule has 0 atom stereocenters. The van der Waals surface area contributed by atoms with Gasteiger partial charge in [-0.2, -0.15) is 0 Å². The summed E-state index contributed by atoms with van der Waals surface area (Å²) in [6.07, 6.45) is 12.8. The lowest BCUT2D eigenvalue weighted by Gasteiger charge is -2.32. The summed E-state index contributed by atoms with van der Waals surface area (Å²) in [6.45, 7) is 10.3. The van der Waals surface area contributed by atoms with Crippen LogP contribution in [-0.2, 0) is 4.79 Å². The van der Waals surface area contributed by atoms with Crippen LogP contribution < -0.4 is 0 Å². The van der Waals surface area contributed by atoms with Crippen molar-refractivity contribution < 1.29 is 9.18 Å². The maximum atomic E-state index is 13.7. The molecule has 1 nitrogen and oxygen atoms in total. The molecule has 0 aromatic rings. The summed E-state index contributed by atoms with van der Waals surface area (Å²) in [5, 5.41) is 0. The summed E-state index contributed by atoms with van der Waals surface area (Å²) in [7, 11) is 0. The molecule has 1 rings (SSSR count). The van der Waals surface area contributed by atoms with Crippen LogP contribution in [0.5, 0.6) is 0 Å². The molecule has 0 saturated heterocycles. The number of carbonyl (C=O) groups is 1. The van der Waals surface area contributed by atoms with Gasteiger partial charge in [-0.3, -0.25) is 4.79 Å². The molecule has 0 heterocycles. The SMILES string of the molecule is CC1=C(/C=C/C(C)=C\C=C(F)\C(C)=C\C=O)C(C)(C)CCC1. The Balaban J connectivity index is 2.90. The molecule has 1 aliphatic rings. The Labute approximate surface area is 134 Å². The van der Waals surface area contributed by atoms with Crippen molar-refractivity contribution in [3.63, 3.8) is 0 Å². The third kappa shape index (κ3) is 5.25. The van der Waals surface area contributed by atoms with Crippen molar-refractivity contribution in [3.05, 3.63) is 58.5 Å². The van der Waals surface area contributed by atoms with Gasteiger partial charge in [-0.25, -0.2) is 4.39 Å². The van der Waals surface area contributed by atoms with Crippen molar-refractivity contribution in [1.29, 1.82) is 0 Å². The van der Waals surface area contributed by atoms with Gasteiger partial charge in [0.2, 0.25) is 0 Å². The summed E-state index contributed by atoms with van der Waals surface area (Å²) in [6, 6.07) is 0. The zero-order chi connectivity index (χ0) is 16.8. The van der Waals surface area contributed by atoms with Gasteiger partial charge >= 0.3 is 0 Å². The van der Waals surface area contributed by atoms with Crippen LogP contribution in [0.15, 0.2) is 58.5 Å². The van der Waals surface area contributed by atoms with E-state index in [0.29, 0.717) is 11.9 Å². The molecule has 0 radical (unpaired) electrons. The van der Waals surface area contributed by atoms with Gasteiger partial charge in [0, 0.05) is 0 Å². The van der Waals surface area contributed by atoms with Crippen molar-refractivity contribution in [3.8, 4) is 0 Å². The number of carbonyl (C=O) groups excluding carboxylic acids is 1. The predicted octanol–water partition coefficient (Wildman–Crippen LogP) is 6.01. The lowest BCUT2D eigenvalue weighted by atomic mass is 9.72. The highest BCUT2D eigenvalue weighted by atomic mass is 19.1. The lowest BCUT2D eigenvalue weighted by Crippen LogP contribution is -2.19. The molecule has 0 aromatic carbocycles. The molecule has 0 saturated carbocycles. The molecule has 0 unspecified atom stereocenters. The fourth-order valence-corrected chi connectivity index (χ4v) is 2.80. The van der Waals surface area contributed by atoms with Gasteiger partial charge in [-0.1, -0.05) is 43.2 Å². The van der Waals surface area contributed by atoms with Crippen LogP contribution in [0.3, 0.4) is 0 Å². The van der Waals surface area contributed by atoms with Gasteiger partial charge in [0.15, 0.2) is 0 Å². The minimum atomic E-state index is -0.381. The molecule has 0 amide bonds. The van der Waals surface area contributed by atoms with Crippen molar-refractivity contribution in [1.82, 2.24) is 0 Å². The van der Waals surface area contributed by atoms with Crippen molar-refractivity contribution in [2.75, 3.05) is 0 Å². The first-order chi connectivity index (χ1) is 10.3. The number of rotatable bonds is 5. The Hall–Kier alpha value is -1.70. The second-order valence-electron chi connectivity index (χ2n) is 6.68. The van der Waals surface area contributed by atoms with E-state index in [1.807, 2.05) is 13.0 Å². The zero-order valence-electron chi connectivity index (χ0n) is 14.4. The summed E-state index contributed by atoms with van der Waals surface area (Å²) in [5.74, 6) is -0.381. The predicted molar refractivity (Wildman–Crippen MR) is 92.2 cm³/mol. The summed E-state index contributed by atoms with van der Waals surface area (Å²) < 4.78 is 13.7. The molecule has 1 aliphatic carbocycles. The van der Waals surface area contributed by atoms with E-state index in [0.717, 1.165) is 12.0 Å². The Bertz CT molecular complexity index is 569. The van der Waals surface area contributed by atoms with Gasteiger partial charge < -0.3 is 0 Å². The van der Waals surface area contributed by atoms with Gasteiger partial charge in [-0.05, 0) is 68.7 Å². The van der Waals surface area contributed by atoms with Crippen LogP contribution in [0.25, 0.3) is 0 Å². The van der Waals surface area contributed by atoms with Crippen molar-refractivity contribution >= 4 is 6.29 Å². The Morgan fingerprint density at radius 2 is 1.86 bits per heavy atom. The van der Waals surface area contributed by atoms with E-state index in [2.05, 4.69) is 26.8 Å². The zero-order valence-corrected chi connectivity index (χ0v) is 14.4. The van der Waals surface area contributed by atoms with Gasteiger partial charge in [0.05, 0.1) is 0 Å². The lowest BCUT2D eigenvalue weighted by molar-refractivity contribution is -0.104. The Morgan fingerprint density at radius 1 is 1.18 bits per heavy atom. The summed E-state index contributed by atoms with van der Waals surface area (Å²) in [4.78, 5) is 10.3. The van der Waals surface area contributed by atoms with Gasteiger partial charge in [-0.15, -0.1) is 0 Å². The maximum Gasteiger partial charge on any atom is 0.143 e. The molecule has 0 aliphatic heterocycles. The fourth-order valence-electron chi connectivity index (χ4n) is 2.80. The topological polar surface area (TPSA) is 17.1 Å². The normalized spacial score (nSPS) is 20.7. The van der Waals surface area contributed by atoms with E-state index < -0.39 is 0 Å². The van der Waals surface area contributed by atoms with E-state index >= 15 is 0 Å². The number of hydrogen-bond acceptors (Lipinski definition) is 1. The number of allylic oxidation sites excluding steroid dienone is 10. The van der Waals surface area contributed by atoms with E-state index in [4.69, 9.17) is 0 Å². The summed E-state index contributed by atoms with van der Waals surface area (Å²) >= 11 is 0. The third-order valence-electron chi connectivity index (χ3n) is 4.24. The minimum absolute atomic E-state index is 0.212. The standard InChI is InChI=1S/C20H27FO/c1-15(9-11-19(21)17(3)12-14-22)8-10-18-16(2)7-6-13-20(18,4)5/h8-12,14H,6-7,13H2,1-5H3/b10-8+,15-9-,17-12+,19-11-. The number of aldehydes is 1. The molecule has 0 N–H and O–H groups in total. The first-order valence-electron chi connectivity index (χ1n) is 7.83. The molecule has 2 heteroatoms. The Kier molecular flexibility index (Phi) is 6.73. The molecule has 22 heavy (non-hydrogen) atoms. The van der Waals surface area contributed by atoms with Crippen molar-refractivity contribution in [2.45, 2.75) is 53.9 Å². The van der Waals surface area contributed by atoms with E-state index in [-0.39, 0.29) is 11.2 Å². The largest absolute Gasteiger partial charge is 0.299 e. The van der Waals surface area contributed by atoms with Gasteiger partial charge in [0.25, 0.3) is 0 Å². The maximum absolute atomic E-state index is 13.7. The highest BCUT2D eigenvalue weighted by Gasteiger charge is 2.26. The van der Waals surface area contributed by atoms with Crippen LogP contribution in [-0.4, -0.2) is 6.29 Å². The molecular formula is C20H27FO. The van der Waals surface area contributed by atoms with Crippen LogP contribution in [0, 0.1) is 5.41 Å². The Morgan fingerprint density at radius 3 is 2.45 bits per heavy atom. The van der Waals surface area contributed by atoms with Gasteiger partial charge in [0.1, 0.15) is 12.1 Å². The monoisotopic (exact) mass is 302 g/mol. The quantitative estimate of drug-likeness (QED) is 0.345.